The lowest BCUT2D eigenvalue weighted by Gasteiger charge is -2.18. The first kappa shape index (κ1) is 80.6. The maximum Gasteiger partial charge on any atom is 0.306 e. The molecule has 0 aliphatic rings. The molecule has 83 heavy (non-hydrogen) atoms. The summed E-state index contributed by atoms with van der Waals surface area (Å²) in [4.78, 5) is 38.6. The predicted molar refractivity (Wildman–Crippen MR) is 362 cm³/mol. The fourth-order valence-electron chi connectivity index (χ4n) is 11.5. The van der Waals surface area contributed by atoms with Crippen LogP contribution in [0.3, 0.4) is 0 Å². The smallest absolute Gasteiger partial charge is 0.306 e. The highest BCUT2D eigenvalue weighted by atomic mass is 16.6. The Labute approximate surface area is 518 Å². The van der Waals surface area contributed by atoms with Crippen molar-refractivity contribution in [3.05, 3.63) is 36.5 Å². The maximum absolute atomic E-state index is 13.0. The Bertz CT molecular complexity index is 1380. The van der Waals surface area contributed by atoms with Gasteiger partial charge >= 0.3 is 17.9 Å². The van der Waals surface area contributed by atoms with Crippen molar-refractivity contribution < 1.29 is 28.6 Å². The SMILES string of the molecule is CCCCCCC/C=C\C/C=C\CCCCCCCCCCCCCCCC(=O)OCC(COC(=O)CCCCCCCCCCC/C=C\CCCCCCCC)OC(=O)CCCCCCCCCCCCCCCCCCCCCCC. The summed E-state index contributed by atoms with van der Waals surface area (Å²) in [5.41, 5.74) is 0. The molecule has 0 aromatic heterocycles. The average molecular weight is 1170 g/mol. The molecule has 0 amide bonds. The molecule has 0 rings (SSSR count). The Kier molecular flexibility index (Phi) is 70.0. The van der Waals surface area contributed by atoms with Gasteiger partial charge in [-0.15, -0.1) is 0 Å². The topological polar surface area (TPSA) is 78.9 Å². The van der Waals surface area contributed by atoms with Crippen LogP contribution >= 0.6 is 0 Å². The molecular formula is C77H144O6. The van der Waals surface area contributed by atoms with E-state index in [0.717, 1.165) is 64.2 Å². The number of ether oxygens (including phenoxy) is 3. The van der Waals surface area contributed by atoms with Crippen LogP contribution in [0, 0.1) is 0 Å². The van der Waals surface area contributed by atoms with Crippen LogP contribution in [0.1, 0.15) is 419 Å². The van der Waals surface area contributed by atoms with Crippen molar-refractivity contribution >= 4 is 17.9 Å². The van der Waals surface area contributed by atoms with Crippen LogP contribution in [0.25, 0.3) is 0 Å². The molecule has 0 spiro atoms. The monoisotopic (exact) mass is 1170 g/mol. The van der Waals surface area contributed by atoms with Crippen molar-refractivity contribution in [1.82, 2.24) is 0 Å². The second-order valence-corrected chi connectivity index (χ2v) is 25.6. The van der Waals surface area contributed by atoms with E-state index in [1.54, 1.807) is 0 Å². The lowest BCUT2D eigenvalue weighted by Crippen LogP contribution is -2.30. The zero-order valence-electron chi connectivity index (χ0n) is 56.2. The summed E-state index contributed by atoms with van der Waals surface area (Å²) in [6.45, 7) is 6.71. The van der Waals surface area contributed by atoms with Gasteiger partial charge in [-0.05, 0) is 77.0 Å². The van der Waals surface area contributed by atoms with Gasteiger partial charge in [0.05, 0.1) is 0 Å². The molecule has 0 radical (unpaired) electrons. The van der Waals surface area contributed by atoms with E-state index in [9.17, 15) is 14.4 Å². The van der Waals surface area contributed by atoms with E-state index in [4.69, 9.17) is 14.2 Å². The van der Waals surface area contributed by atoms with Crippen LogP contribution in [-0.4, -0.2) is 37.2 Å². The normalized spacial score (nSPS) is 12.2. The molecule has 6 heteroatoms. The Morgan fingerprint density at radius 3 is 0.675 bits per heavy atom. The first-order chi connectivity index (χ1) is 41.0. The molecule has 488 valence electrons. The third-order valence-electron chi connectivity index (χ3n) is 17.1. The van der Waals surface area contributed by atoms with Crippen LogP contribution < -0.4 is 0 Å². The van der Waals surface area contributed by atoms with E-state index in [1.165, 1.54) is 315 Å². The van der Waals surface area contributed by atoms with Crippen molar-refractivity contribution in [2.45, 2.75) is 425 Å². The summed E-state index contributed by atoms with van der Waals surface area (Å²) in [5.74, 6) is -0.836. The number of hydrogen-bond acceptors (Lipinski definition) is 6. The molecule has 0 aliphatic carbocycles. The Morgan fingerprint density at radius 1 is 0.241 bits per heavy atom. The summed E-state index contributed by atoms with van der Waals surface area (Å²) in [7, 11) is 0. The first-order valence-electron chi connectivity index (χ1n) is 37.5. The first-order valence-corrected chi connectivity index (χ1v) is 37.5. The van der Waals surface area contributed by atoms with Crippen molar-refractivity contribution in [1.29, 1.82) is 0 Å². The number of unbranched alkanes of at least 4 members (excludes halogenated alkanes) is 53. The molecule has 0 N–H and O–H groups in total. The van der Waals surface area contributed by atoms with E-state index in [0.29, 0.717) is 19.3 Å². The number of hydrogen-bond donors (Lipinski definition) is 0. The van der Waals surface area contributed by atoms with E-state index < -0.39 is 6.10 Å². The molecule has 0 saturated heterocycles. The van der Waals surface area contributed by atoms with Gasteiger partial charge in [-0.1, -0.05) is 359 Å². The fourth-order valence-corrected chi connectivity index (χ4v) is 11.5. The minimum atomic E-state index is -0.772. The van der Waals surface area contributed by atoms with Crippen molar-refractivity contribution in [2.24, 2.45) is 0 Å². The zero-order chi connectivity index (χ0) is 59.9. The van der Waals surface area contributed by atoms with Crippen LogP contribution in [0.15, 0.2) is 36.5 Å². The van der Waals surface area contributed by atoms with Crippen LogP contribution in [-0.2, 0) is 28.6 Å². The van der Waals surface area contributed by atoms with Gasteiger partial charge in [-0.3, -0.25) is 14.4 Å². The standard InChI is InChI=1S/C77H144O6/c1-4-7-10-13-16-19-22-25-28-31-34-36-37-38-39-41-43-46-49-52-55-58-61-64-67-70-76(79)82-73-74(72-81-75(78)69-66-63-60-57-54-51-48-45-42-33-30-27-24-21-18-15-12-9-6-3)83-77(80)71-68-65-62-59-56-53-50-47-44-40-35-32-29-26-23-20-17-14-11-8-5-2/h22,25,27,30-31,34,74H,4-21,23-24,26,28-29,32-33,35-73H2,1-3H3/b25-22-,30-27-,34-31-. The van der Waals surface area contributed by atoms with E-state index >= 15 is 0 Å². The second kappa shape index (κ2) is 72.1. The summed E-state index contributed by atoms with van der Waals surface area (Å²) >= 11 is 0. The fraction of sp³-hybridized carbons (Fsp3) is 0.883. The van der Waals surface area contributed by atoms with Crippen LogP contribution in [0.4, 0.5) is 0 Å². The molecule has 0 aromatic rings. The highest BCUT2D eigenvalue weighted by molar-refractivity contribution is 5.71. The molecule has 0 aliphatic heterocycles. The van der Waals surface area contributed by atoms with Crippen molar-refractivity contribution in [3.8, 4) is 0 Å². The summed E-state index contributed by atoms with van der Waals surface area (Å²) < 4.78 is 17.1. The number of carbonyl (C=O) groups is 3. The van der Waals surface area contributed by atoms with Gasteiger partial charge in [0.15, 0.2) is 6.10 Å². The van der Waals surface area contributed by atoms with Gasteiger partial charge in [0.2, 0.25) is 0 Å². The molecule has 1 atom stereocenters. The largest absolute Gasteiger partial charge is 0.462 e. The zero-order valence-corrected chi connectivity index (χ0v) is 56.2. The Balaban J connectivity index is 4.29. The van der Waals surface area contributed by atoms with Gasteiger partial charge in [-0.25, -0.2) is 0 Å². The molecule has 6 nitrogen and oxygen atoms in total. The minimum absolute atomic E-state index is 0.0676. The highest BCUT2D eigenvalue weighted by Crippen LogP contribution is 2.19. The molecule has 0 aromatic carbocycles. The number of rotatable bonds is 70. The number of esters is 3. The lowest BCUT2D eigenvalue weighted by molar-refractivity contribution is -0.167. The van der Waals surface area contributed by atoms with Gasteiger partial charge in [0.25, 0.3) is 0 Å². The molecule has 0 fully saturated rings. The van der Waals surface area contributed by atoms with E-state index in [1.807, 2.05) is 0 Å². The highest BCUT2D eigenvalue weighted by Gasteiger charge is 2.20. The lowest BCUT2D eigenvalue weighted by atomic mass is 10.0. The number of allylic oxidation sites excluding steroid dienone is 6. The van der Waals surface area contributed by atoms with Gasteiger partial charge in [-0.2, -0.15) is 0 Å². The van der Waals surface area contributed by atoms with Crippen molar-refractivity contribution in [3.63, 3.8) is 0 Å². The predicted octanol–water partition coefficient (Wildman–Crippen LogP) is 25.9. The second-order valence-electron chi connectivity index (χ2n) is 25.6. The minimum Gasteiger partial charge on any atom is -0.462 e. The van der Waals surface area contributed by atoms with Gasteiger partial charge in [0.1, 0.15) is 13.2 Å². The number of carbonyl (C=O) groups excluding carboxylic acids is 3. The molecule has 0 heterocycles. The quantitative estimate of drug-likeness (QED) is 0.0261. The Morgan fingerprint density at radius 2 is 0.434 bits per heavy atom. The summed E-state index contributed by atoms with van der Waals surface area (Å²) in [6.07, 6.45) is 90.3. The van der Waals surface area contributed by atoms with Gasteiger partial charge in [0, 0.05) is 19.3 Å². The molecule has 1 unspecified atom stereocenters. The van der Waals surface area contributed by atoms with E-state index in [-0.39, 0.29) is 31.1 Å². The molecular weight excluding hydrogens is 1020 g/mol. The maximum atomic E-state index is 13.0. The van der Waals surface area contributed by atoms with Crippen LogP contribution in [0.2, 0.25) is 0 Å². The average Bonchev–Trinajstić information content (AvgIpc) is 3.50. The van der Waals surface area contributed by atoms with E-state index in [2.05, 4.69) is 57.2 Å². The third-order valence-corrected chi connectivity index (χ3v) is 17.1. The van der Waals surface area contributed by atoms with Gasteiger partial charge < -0.3 is 14.2 Å². The summed E-state index contributed by atoms with van der Waals surface area (Å²) in [5, 5.41) is 0. The summed E-state index contributed by atoms with van der Waals surface area (Å²) in [6, 6.07) is 0. The molecule has 0 saturated carbocycles. The van der Waals surface area contributed by atoms with Crippen LogP contribution in [0.5, 0.6) is 0 Å². The molecule has 0 bridgehead atoms. The Hall–Kier alpha value is -2.37. The third kappa shape index (κ3) is 70.3. The van der Waals surface area contributed by atoms with Crippen molar-refractivity contribution in [2.75, 3.05) is 13.2 Å².